The predicted molar refractivity (Wildman–Crippen MR) is 86.6 cm³/mol. The first-order chi connectivity index (χ1) is 10.5. The molecule has 6 heteroatoms. The molecule has 3 aromatic rings. The van der Waals surface area contributed by atoms with Crippen LogP contribution in [0.25, 0.3) is 16.8 Å². The van der Waals surface area contributed by atoms with Gasteiger partial charge in [0.2, 0.25) is 0 Å². The number of hydrogen-bond donors (Lipinski definition) is 1. The van der Waals surface area contributed by atoms with Crippen LogP contribution in [0.3, 0.4) is 0 Å². The fraction of sp³-hybridized carbons (Fsp3) is 0.188. The third kappa shape index (κ3) is 2.18. The Bertz CT molecular complexity index is 888. The number of nitriles is 1. The van der Waals surface area contributed by atoms with Crippen LogP contribution in [0.15, 0.2) is 30.5 Å². The third-order valence-corrected chi connectivity index (χ3v) is 3.76. The average molecular weight is 312 g/mol. The zero-order valence-electron chi connectivity index (χ0n) is 12.2. The number of nitrogens with two attached hydrogens (primary N) is 1. The summed E-state index contributed by atoms with van der Waals surface area (Å²) >= 11 is 5.97. The lowest BCUT2D eigenvalue weighted by Gasteiger charge is -2.05. The maximum atomic E-state index is 9.08. The lowest BCUT2D eigenvalue weighted by molar-refractivity contribution is 0.790. The summed E-state index contributed by atoms with van der Waals surface area (Å²) in [6.45, 7) is 4.12. The Morgan fingerprint density at radius 2 is 1.95 bits per heavy atom. The number of halogens is 1. The highest BCUT2D eigenvalue weighted by atomic mass is 35.5. The third-order valence-electron chi connectivity index (χ3n) is 3.51. The quantitative estimate of drug-likeness (QED) is 0.783. The standard InChI is InChI=1S/C16H14ClN5/c1-9(2)14-13(10-3-5-12(17)6-4-10)16-20-8-11(7-18)15(19)22(16)21-14/h3-6,8-9H,19H2,1-2H3. The SMILES string of the molecule is CC(C)c1nn2c(N)c(C#N)cnc2c1-c1ccc(Cl)cc1. The fourth-order valence-electron chi connectivity index (χ4n) is 2.40. The van der Waals surface area contributed by atoms with E-state index < -0.39 is 0 Å². The predicted octanol–water partition coefficient (Wildman–Crippen LogP) is 3.63. The molecule has 0 atom stereocenters. The highest BCUT2D eigenvalue weighted by Gasteiger charge is 2.20. The molecule has 0 bridgehead atoms. The van der Waals surface area contributed by atoms with Gasteiger partial charge in [0, 0.05) is 5.02 Å². The van der Waals surface area contributed by atoms with Gasteiger partial charge in [0.05, 0.1) is 17.5 Å². The number of nitrogens with zero attached hydrogens (tertiary/aromatic N) is 4. The number of anilines is 1. The molecule has 0 fully saturated rings. The smallest absolute Gasteiger partial charge is 0.165 e. The van der Waals surface area contributed by atoms with E-state index in [9.17, 15) is 0 Å². The molecule has 1 aromatic carbocycles. The van der Waals surface area contributed by atoms with Crippen molar-refractivity contribution in [2.24, 2.45) is 0 Å². The lowest BCUT2D eigenvalue weighted by atomic mass is 9.99. The lowest BCUT2D eigenvalue weighted by Crippen LogP contribution is -2.03. The number of rotatable bonds is 2. The van der Waals surface area contributed by atoms with E-state index >= 15 is 0 Å². The van der Waals surface area contributed by atoms with Crippen LogP contribution in [0.5, 0.6) is 0 Å². The van der Waals surface area contributed by atoms with Crippen molar-refractivity contribution in [1.82, 2.24) is 14.6 Å². The van der Waals surface area contributed by atoms with Crippen LogP contribution in [0.4, 0.5) is 5.82 Å². The van der Waals surface area contributed by atoms with Crippen LogP contribution in [0, 0.1) is 11.3 Å². The summed E-state index contributed by atoms with van der Waals surface area (Å²) in [6, 6.07) is 9.55. The fourth-order valence-corrected chi connectivity index (χ4v) is 2.53. The summed E-state index contributed by atoms with van der Waals surface area (Å²) in [5, 5.41) is 14.3. The summed E-state index contributed by atoms with van der Waals surface area (Å²) in [5.74, 6) is 0.493. The van der Waals surface area contributed by atoms with E-state index in [4.69, 9.17) is 22.6 Å². The summed E-state index contributed by atoms with van der Waals surface area (Å²) < 4.78 is 1.54. The van der Waals surface area contributed by atoms with Crippen molar-refractivity contribution in [1.29, 1.82) is 5.26 Å². The molecule has 0 amide bonds. The molecule has 0 aliphatic rings. The molecule has 3 rings (SSSR count). The van der Waals surface area contributed by atoms with Gasteiger partial charge in [0.25, 0.3) is 0 Å². The van der Waals surface area contributed by atoms with Gasteiger partial charge >= 0.3 is 0 Å². The summed E-state index contributed by atoms with van der Waals surface area (Å²) in [5.41, 5.74) is 9.76. The van der Waals surface area contributed by atoms with E-state index in [1.807, 2.05) is 30.3 Å². The highest BCUT2D eigenvalue weighted by molar-refractivity contribution is 6.30. The minimum Gasteiger partial charge on any atom is -0.382 e. The number of fused-ring (bicyclic) bond motifs is 1. The summed E-state index contributed by atoms with van der Waals surface area (Å²) in [7, 11) is 0. The van der Waals surface area contributed by atoms with Crippen molar-refractivity contribution >= 4 is 23.1 Å². The molecular formula is C16H14ClN5. The van der Waals surface area contributed by atoms with Gasteiger partial charge in [-0.1, -0.05) is 37.6 Å². The highest BCUT2D eigenvalue weighted by Crippen LogP contribution is 2.33. The van der Waals surface area contributed by atoms with Gasteiger partial charge in [-0.25, -0.2) is 4.98 Å². The maximum Gasteiger partial charge on any atom is 0.165 e. The second-order valence-corrected chi connectivity index (χ2v) is 5.76. The van der Waals surface area contributed by atoms with Crippen LogP contribution < -0.4 is 5.73 Å². The second kappa shape index (κ2) is 5.32. The minimum absolute atomic E-state index is 0.192. The molecule has 0 unspecified atom stereocenters. The second-order valence-electron chi connectivity index (χ2n) is 5.33. The number of nitrogen functional groups attached to an aromatic ring is 1. The van der Waals surface area contributed by atoms with Crippen molar-refractivity contribution in [3.63, 3.8) is 0 Å². The van der Waals surface area contributed by atoms with Crippen molar-refractivity contribution < 1.29 is 0 Å². The van der Waals surface area contributed by atoms with Gasteiger partial charge in [-0.2, -0.15) is 14.9 Å². The Morgan fingerprint density at radius 1 is 1.27 bits per heavy atom. The molecular weight excluding hydrogens is 298 g/mol. The van der Waals surface area contributed by atoms with Crippen LogP contribution >= 0.6 is 11.6 Å². The van der Waals surface area contributed by atoms with Gasteiger partial charge in [0.15, 0.2) is 5.65 Å². The Kier molecular flexibility index (Phi) is 3.47. The zero-order chi connectivity index (χ0) is 15.9. The molecule has 0 saturated carbocycles. The van der Waals surface area contributed by atoms with Crippen molar-refractivity contribution in [3.8, 4) is 17.2 Å². The van der Waals surface area contributed by atoms with Gasteiger partial charge in [-0.05, 0) is 23.6 Å². The van der Waals surface area contributed by atoms with E-state index in [0.717, 1.165) is 16.8 Å². The molecule has 2 N–H and O–H groups in total. The Labute approximate surface area is 133 Å². The normalized spacial score (nSPS) is 11.0. The van der Waals surface area contributed by atoms with Gasteiger partial charge in [0.1, 0.15) is 17.5 Å². The van der Waals surface area contributed by atoms with Gasteiger partial charge < -0.3 is 5.73 Å². The zero-order valence-corrected chi connectivity index (χ0v) is 13.0. The molecule has 0 aliphatic heterocycles. The maximum absolute atomic E-state index is 9.08. The van der Waals surface area contributed by atoms with Crippen LogP contribution in [-0.4, -0.2) is 14.6 Å². The number of hydrogen-bond acceptors (Lipinski definition) is 4. The van der Waals surface area contributed by atoms with E-state index in [-0.39, 0.29) is 5.92 Å². The molecule has 0 aliphatic carbocycles. The van der Waals surface area contributed by atoms with E-state index in [1.165, 1.54) is 10.7 Å². The Morgan fingerprint density at radius 3 is 2.55 bits per heavy atom. The summed E-state index contributed by atoms with van der Waals surface area (Å²) in [6.07, 6.45) is 1.48. The van der Waals surface area contributed by atoms with E-state index in [2.05, 4.69) is 23.9 Å². The first-order valence-corrected chi connectivity index (χ1v) is 7.24. The monoisotopic (exact) mass is 311 g/mol. The van der Waals surface area contributed by atoms with Gasteiger partial charge in [-0.15, -0.1) is 0 Å². The molecule has 0 radical (unpaired) electrons. The molecule has 2 aromatic heterocycles. The first kappa shape index (κ1) is 14.4. The van der Waals surface area contributed by atoms with Crippen LogP contribution in [-0.2, 0) is 0 Å². The number of aromatic nitrogens is 3. The Balaban J connectivity index is 2.37. The topological polar surface area (TPSA) is 80.0 Å². The average Bonchev–Trinajstić information content (AvgIpc) is 2.89. The van der Waals surface area contributed by atoms with Crippen LogP contribution in [0.2, 0.25) is 5.02 Å². The number of benzene rings is 1. The minimum atomic E-state index is 0.192. The molecule has 0 spiro atoms. The largest absolute Gasteiger partial charge is 0.382 e. The summed E-state index contributed by atoms with van der Waals surface area (Å²) in [4.78, 5) is 4.38. The van der Waals surface area contributed by atoms with Crippen molar-refractivity contribution in [2.75, 3.05) is 5.73 Å². The first-order valence-electron chi connectivity index (χ1n) is 6.86. The van der Waals surface area contributed by atoms with Crippen LogP contribution in [0.1, 0.15) is 31.0 Å². The molecule has 0 saturated heterocycles. The van der Waals surface area contributed by atoms with E-state index in [1.54, 1.807) is 0 Å². The molecule has 22 heavy (non-hydrogen) atoms. The molecule has 2 heterocycles. The van der Waals surface area contributed by atoms with E-state index in [0.29, 0.717) is 22.1 Å². The van der Waals surface area contributed by atoms with Crippen molar-refractivity contribution in [2.45, 2.75) is 19.8 Å². The molecule has 5 nitrogen and oxygen atoms in total. The Hall–Kier alpha value is -2.58. The van der Waals surface area contributed by atoms with Gasteiger partial charge in [-0.3, -0.25) is 0 Å². The van der Waals surface area contributed by atoms with Crippen molar-refractivity contribution in [3.05, 3.63) is 46.7 Å². The molecule has 110 valence electrons.